The van der Waals surface area contributed by atoms with Crippen LogP contribution in [0.3, 0.4) is 0 Å². The SMILES string of the molecule is CC.N/C=C\c1ccccc1F. The topological polar surface area (TPSA) is 26.0 Å². The number of rotatable bonds is 1. The second-order valence-corrected chi connectivity index (χ2v) is 1.88. The highest BCUT2D eigenvalue weighted by molar-refractivity contribution is 5.48. The van der Waals surface area contributed by atoms with Gasteiger partial charge in [-0.25, -0.2) is 4.39 Å². The molecular weight excluding hydrogens is 153 g/mol. The molecule has 1 aromatic carbocycles. The van der Waals surface area contributed by atoms with Crippen molar-refractivity contribution in [2.45, 2.75) is 13.8 Å². The second-order valence-electron chi connectivity index (χ2n) is 1.88. The Labute approximate surface area is 72.7 Å². The van der Waals surface area contributed by atoms with Gasteiger partial charge in [-0.3, -0.25) is 0 Å². The van der Waals surface area contributed by atoms with E-state index in [0.29, 0.717) is 5.56 Å². The summed E-state index contributed by atoms with van der Waals surface area (Å²) in [6, 6.07) is 6.47. The molecule has 1 nitrogen and oxygen atoms in total. The molecule has 0 unspecified atom stereocenters. The Balaban J connectivity index is 0.000000561. The molecule has 12 heavy (non-hydrogen) atoms. The van der Waals surface area contributed by atoms with E-state index in [9.17, 15) is 4.39 Å². The van der Waals surface area contributed by atoms with Crippen molar-refractivity contribution >= 4 is 6.08 Å². The molecule has 0 heterocycles. The highest BCUT2D eigenvalue weighted by atomic mass is 19.1. The smallest absolute Gasteiger partial charge is 0.130 e. The molecule has 1 rings (SSSR count). The van der Waals surface area contributed by atoms with Crippen molar-refractivity contribution in [3.8, 4) is 0 Å². The van der Waals surface area contributed by atoms with Gasteiger partial charge in [-0.05, 0) is 18.3 Å². The van der Waals surface area contributed by atoms with Crippen molar-refractivity contribution in [2.75, 3.05) is 0 Å². The van der Waals surface area contributed by atoms with Crippen LogP contribution in [0.25, 0.3) is 6.08 Å². The summed E-state index contributed by atoms with van der Waals surface area (Å²) < 4.78 is 12.7. The number of halogens is 1. The van der Waals surface area contributed by atoms with Crippen LogP contribution in [0, 0.1) is 5.82 Å². The van der Waals surface area contributed by atoms with Crippen LogP contribution < -0.4 is 5.73 Å². The lowest BCUT2D eigenvalue weighted by atomic mass is 10.2. The second kappa shape index (κ2) is 6.40. The van der Waals surface area contributed by atoms with Gasteiger partial charge in [0.15, 0.2) is 0 Å². The Morgan fingerprint density at radius 1 is 1.25 bits per heavy atom. The highest BCUT2D eigenvalue weighted by Crippen LogP contribution is 2.06. The van der Waals surface area contributed by atoms with Crippen LogP contribution in [0.5, 0.6) is 0 Å². The molecular formula is C10H14FN. The Bertz CT molecular complexity index is 243. The maximum atomic E-state index is 12.7. The summed E-state index contributed by atoms with van der Waals surface area (Å²) in [4.78, 5) is 0. The van der Waals surface area contributed by atoms with Crippen LogP contribution in [-0.2, 0) is 0 Å². The molecule has 0 saturated carbocycles. The predicted octanol–water partition coefficient (Wildman–Crippen LogP) is 2.78. The third-order valence-electron chi connectivity index (χ3n) is 1.18. The number of hydrogen-bond donors (Lipinski definition) is 1. The number of nitrogens with two attached hydrogens (primary N) is 1. The van der Waals surface area contributed by atoms with Gasteiger partial charge in [0.1, 0.15) is 5.82 Å². The fourth-order valence-electron chi connectivity index (χ4n) is 0.714. The Kier molecular flexibility index (Phi) is 5.70. The third kappa shape index (κ3) is 3.19. The molecule has 0 aliphatic heterocycles. The van der Waals surface area contributed by atoms with E-state index >= 15 is 0 Å². The van der Waals surface area contributed by atoms with E-state index in [1.807, 2.05) is 13.8 Å². The summed E-state index contributed by atoms with van der Waals surface area (Å²) in [6.07, 6.45) is 2.84. The fourth-order valence-corrected chi connectivity index (χ4v) is 0.714. The van der Waals surface area contributed by atoms with Crippen molar-refractivity contribution in [1.82, 2.24) is 0 Å². The predicted molar refractivity (Wildman–Crippen MR) is 51.0 cm³/mol. The van der Waals surface area contributed by atoms with E-state index < -0.39 is 0 Å². The zero-order valence-electron chi connectivity index (χ0n) is 7.42. The van der Waals surface area contributed by atoms with Crippen molar-refractivity contribution in [1.29, 1.82) is 0 Å². The van der Waals surface area contributed by atoms with Gasteiger partial charge in [0.2, 0.25) is 0 Å². The van der Waals surface area contributed by atoms with Gasteiger partial charge >= 0.3 is 0 Å². The minimum Gasteiger partial charge on any atom is -0.405 e. The van der Waals surface area contributed by atoms with Crippen molar-refractivity contribution in [3.05, 3.63) is 41.8 Å². The molecule has 0 aliphatic rings. The van der Waals surface area contributed by atoms with E-state index in [2.05, 4.69) is 0 Å². The molecule has 0 spiro atoms. The summed E-state index contributed by atoms with van der Waals surface area (Å²) in [5, 5.41) is 0. The largest absolute Gasteiger partial charge is 0.405 e. The van der Waals surface area contributed by atoms with E-state index in [4.69, 9.17) is 5.73 Å². The van der Waals surface area contributed by atoms with E-state index in [1.165, 1.54) is 18.3 Å². The summed E-state index contributed by atoms with van der Waals surface area (Å²) in [6.45, 7) is 4.00. The van der Waals surface area contributed by atoms with Crippen LogP contribution >= 0.6 is 0 Å². The van der Waals surface area contributed by atoms with Gasteiger partial charge in [0.05, 0.1) is 0 Å². The first-order valence-corrected chi connectivity index (χ1v) is 3.97. The monoisotopic (exact) mass is 167 g/mol. The molecule has 0 aliphatic carbocycles. The average molecular weight is 167 g/mol. The standard InChI is InChI=1S/C8H8FN.C2H6/c9-8-4-2-1-3-7(8)5-6-10;1-2/h1-6H,10H2;1-2H3/b6-5-;. The molecule has 0 radical (unpaired) electrons. The Hall–Kier alpha value is -1.31. The van der Waals surface area contributed by atoms with Gasteiger partial charge in [-0.1, -0.05) is 32.0 Å². The molecule has 1 aromatic rings. The molecule has 2 N–H and O–H groups in total. The lowest BCUT2D eigenvalue weighted by Gasteiger charge is -1.92. The quantitative estimate of drug-likeness (QED) is 0.683. The van der Waals surface area contributed by atoms with E-state index in [0.717, 1.165) is 0 Å². The molecule has 2 heteroatoms. The molecule has 0 atom stereocenters. The minimum absolute atomic E-state index is 0.246. The summed E-state index contributed by atoms with van der Waals surface area (Å²) in [7, 11) is 0. The average Bonchev–Trinajstić information content (AvgIpc) is 2.13. The maximum absolute atomic E-state index is 12.7. The lowest BCUT2D eigenvalue weighted by Crippen LogP contribution is -1.81. The van der Waals surface area contributed by atoms with Crippen LogP contribution in [0.2, 0.25) is 0 Å². The van der Waals surface area contributed by atoms with Crippen molar-refractivity contribution in [3.63, 3.8) is 0 Å². The normalized spacial score (nSPS) is 9.25. The first kappa shape index (κ1) is 10.7. The van der Waals surface area contributed by atoms with Gasteiger partial charge < -0.3 is 5.73 Å². The molecule has 66 valence electrons. The molecule has 0 amide bonds. The van der Waals surface area contributed by atoms with Gasteiger partial charge in [0, 0.05) is 5.56 Å². The van der Waals surface area contributed by atoms with E-state index in [1.54, 1.807) is 18.2 Å². The summed E-state index contributed by atoms with van der Waals surface area (Å²) in [5.41, 5.74) is 5.60. The van der Waals surface area contributed by atoms with Crippen molar-refractivity contribution in [2.24, 2.45) is 5.73 Å². The van der Waals surface area contributed by atoms with Crippen LogP contribution in [0.15, 0.2) is 30.5 Å². The van der Waals surface area contributed by atoms with Gasteiger partial charge in [0.25, 0.3) is 0 Å². The first-order chi connectivity index (χ1) is 5.84. The summed E-state index contributed by atoms with van der Waals surface area (Å²) in [5.74, 6) is -0.246. The van der Waals surface area contributed by atoms with Crippen LogP contribution in [0.1, 0.15) is 19.4 Å². The molecule has 0 saturated heterocycles. The lowest BCUT2D eigenvalue weighted by molar-refractivity contribution is 0.625. The minimum atomic E-state index is -0.246. The number of hydrogen-bond acceptors (Lipinski definition) is 1. The van der Waals surface area contributed by atoms with Crippen LogP contribution in [-0.4, -0.2) is 0 Å². The highest BCUT2D eigenvalue weighted by Gasteiger charge is 1.92. The number of benzene rings is 1. The van der Waals surface area contributed by atoms with Gasteiger partial charge in [-0.2, -0.15) is 0 Å². The maximum Gasteiger partial charge on any atom is 0.130 e. The zero-order chi connectivity index (χ0) is 9.40. The third-order valence-corrected chi connectivity index (χ3v) is 1.18. The van der Waals surface area contributed by atoms with E-state index in [-0.39, 0.29) is 5.82 Å². The van der Waals surface area contributed by atoms with Crippen LogP contribution in [0.4, 0.5) is 4.39 Å². The van der Waals surface area contributed by atoms with Gasteiger partial charge in [-0.15, -0.1) is 0 Å². The zero-order valence-corrected chi connectivity index (χ0v) is 7.42. The first-order valence-electron chi connectivity index (χ1n) is 3.97. The Morgan fingerprint density at radius 2 is 1.83 bits per heavy atom. The molecule has 0 aromatic heterocycles. The van der Waals surface area contributed by atoms with Crippen molar-refractivity contribution < 1.29 is 4.39 Å². The molecule has 0 bridgehead atoms. The fraction of sp³-hybridized carbons (Fsp3) is 0.200. The summed E-state index contributed by atoms with van der Waals surface area (Å²) >= 11 is 0. The Morgan fingerprint density at radius 3 is 2.33 bits per heavy atom. The molecule has 0 fully saturated rings.